The minimum Gasteiger partial charge on any atom is -0.489 e. The van der Waals surface area contributed by atoms with E-state index in [0.29, 0.717) is 6.61 Å². The van der Waals surface area contributed by atoms with E-state index in [0.717, 1.165) is 17.7 Å². The molecule has 1 atom stereocenters. The number of ether oxygens (including phenoxy) is 1. The first-order chi connectivity index (χ1) is 9.60. The smallest absolute Gasteiger partial charge is 0.124 e. The zero-order valence-corrected chi connectivity index (χ0v) is 12.5. The Labute approximate surface area is 121 Å². The maximum atomic E-state index is 5.99. The lowest BCUT2D eigenvalue weighted by atomic mass is 10.1. The monoisotopic (exact) mass is 269 g/mol. The summed E-state index contributed by atoms with van der Waals surface area (Å²) in [5, 5.41) is 0. The molecule has 0 heterocycles. The van der Waals surface area contributed by atoms with Gasteiger partial charge in [-0.1, -0.05) is 43.3 Å². The fourth-order valence-corrected chi connectivity index (χ4v) is 2.18. The van der Waals surface area contributed by atoms with Crippen LogP contribution >= 0.6 is 0 Å². The first-order valence-corrected chi connectivity index (χ1v) is 7.17. The lowest BCUT2D eigenvalue weighted by Gasteiger charge is -2.15. The van der Waals surface area contributed by atoms with Gasteiger partial charge in [-0.3, -0.25) is 0 Å². The summed E-state index contributed by atoms with van der Waals surface area (Å²) in [4.78, 5) is 0. The number of hydrogen-bond acceptors (Lipinski definition) is 2. The van der Waals surface area contributed by atoms with Gasteiger partial charge in [-0.15, -0.1) is 0 Å². The quantitative estimate of drug-likeness (QED) is 0.884. The molecule has 106 valence electrons. The number of rotatable bonds is 5. The third-order valence-corrected chi connectivity index (χ3v) is 3.49. The molecule has 0 aliphatic rings. The second-order valence-electron chi connectivity index (χ2n) is 5.29. The van der Waals surface area contributed by atoms with Gasteiger partial charge in [-0.05, 0) is 43.0 Å². The molecule has 0 amide bonds. The van der Waals surface area contributed by atoms with Crippen LogP contribution in [0.1, 0.15) is 42.1 Å². The van der Waals surface area contributed by atoms with Crippen molar-refractivity contribution in [2.75, 3.05) is 0 Å². The molecule has 0 fully saturated rings. The predicted molar refractivity (Wildman–Crippen MR) is 83.9 cm³/mol. The summed E-state index contributed by atoms with van der Waals surface area (Å²) < 4.78 is 5.96. The molecule has 0 bridgehead atoms. The van der Waals surface area contributed by atoms with Crippen molar-refractivity contribution in [3.8, 4) is 5.75 Å². The summed E-state index contributed by atoms with van der Waals surface area (Å²) in [5.74, 6) is 0.888. The summed E-state index contributed by atoms with van der Waals surface area (Å²) in [6.07, 6.45) is 1.06. The lowest BCUT2D eigenvalue weighted by molar-refractivity contribution is 0.301. The Morgan fingerprint density at radius 1 is 1.05 bits per heavy atom. The van der Waals surface area contributed by atoms with E-state index in [-0.39, 0.29) is 6.04 Å². The fourth-order valence-electron chi connectivity index (χ4n) is 2.18. The average Bonchev–Trinajstić information content (AvgIpc) is 2.45. The van der Waals surface area contributed by atoms with E-state index in [2.05, 4.69) is 56.3 Å². The van der Waals surface area contributed by atoms with E-state index < -0.39 is 0 Å². The number of nitrogens with two attached hydrogens (primary N) is 1. The molecule has 0 saturated carbocycles. The third-order valence-electron chi connectivity index (χ3n) is 3.49. The minimum atomic E-state index is -0.0203. The van der Waals surface area contributed by atoms with Crippen LogP contribution in [0.4, 0.5) is 0 Å². The van der Waals surface area contributed by atoms with Crippen molar-refractivity contribution in [1.29, 1.82) is 0 Å². The Balaban J connectivity index is 2.11. The number of benzene rings is 2. The zero-order valence-electron chi connectivity index (χ0n) is 12.5. The van der Waals surface area contributed by atoms with Crippen molar-refractivity contribution in [2.24, 2.45) is 5.73 Å². The fraction of sp³-hybridized carbons (Fsp3) is 0.333. The Morgan fingerprint density at radius 3 is 2.30 bits per heavy atom. The zero-order chi connectivity index (χ0) is 14.5. The van der Waals surface area contributed by atoms with Gasteiger partial charge in [0.1, 0.15) is 12.4 Å². The van der Waals surface area contributed by atoms with Crippen molar-refractivity contribution in [3.63, 3.8) is 0 Å². The molecule has 0 spiro atoms. The normalized spacial score (nSPS) is 12.2. The third kappa shape index (κ3) is 3.61. The highest BCUT2D eigenvalue weighted by Gasteiger charge is 2.08. The van der Waals surface area contributed by atoms with Crippen LogP contribution in [-0.4, -0.2) is 0 Å². The molecular weight excluding hydrogens is 246 g/mol. The van der Waals surface area contributed by atoms with Crippen LogP contribution < -0.4 is 10.5 Å². The lowest BCUT2D eigenvalue weighted by Crippen LogP contribution is -2.08. The van der Waals surface area contributed by atoms with E-state index in [9.17, 15) is 0 Å². The molecule has 2 rings (SSSR count). The summed E-state index contributed by atoms with van der Waals surface area (Å²) in [7, 11) is 0. The predicted octanol–water partition coefficient (Wildman–Crippen LogP) is 4.16. The van der Waals surface area contributed by atoms with Crippen LogP contribution in [0.15, 0.2) is 42.5 Å². The van der Waals surface area contributed by atoms with Gasteiger partial charge in [0.15, 0.2) is 0 Å². The van der Waals surface area contributed by atoms with Crippen molar-refractivity contribution in [2.45, 2.75) is 39.8 Å². The summed E-state index contributed by atoms with van der Waals surface area (Å²) >= 11 is 0. The van der Waals surface area contributed by atoms with Gasteiger partial charge in [0, 0.05) is 11.6 Å². The Kier molecular flexibility index (Phi) is 4.80. The molecule has 20 heavy (non-hydrogen) atoms. The molecule has 0 aliphatic heterocycles. The summed E-state index contributed by atoms with van der Waals surface area (Å²) in [6, 6.07) is 14.7. The van der Waals surface area contributed by atoms with Crippen molar-refractivity contribution < 1.29 is 4.74 Å². The van der Waals surface area contributed by atoms with Gasteiger partial charge in [0.05, 0.1) is 0 Å². The molecule has 0 saturated heterocycles. The Hall–Kier alpha value is -1.80. The van der Waals surface area contributed by atoms with E-state index in [4.69, 9.17) is 10.5 Å². The van der Waals surface area contributed by atoms with Gasteiger partial charge in [0.2, 0.25) is 0 Å². The number of hydrogen-bond donors (Lipinski definition) is 1. The average molecular weight is 269 g/mol. The van der Waals surface area contributed by atoms with Gasteiger partial charge >= 0.3 is 0 Å². The maximum Gasteiger partial charge on any atom is 0.124 e. The van der Waals surface area contributed by atoms with Gasteiger partial charge in [-0.25, -0.2) is 0 Å². The van der Waals surface area contributed by atoms with Crippen molar-refractivity contribution in [3.05, 3.63) is 64.7 Å². The highest BCUT2D eigenvalue weighted by atomic mass is 16.5. The standard InChI is InChI=1S/C18H23NO/c1-4-15-6-8-16(9-7-15)12-20-18-11-13(2)5-10-17(18)14(3)19/h5-11,14H,4,12,19H2,1-3H3/t14-/m1/s1. The Bertz CT molecular complexity index is 558. The van der Waals surface area contributed by atoms with Crippen LogP contribution in [0.3, 0.4) is 0 Å². The first kappa shape index (κ1) is 14.6. The molecule has 0 aromatic heterocycles. The van der Waals surface area contributed by atoms with E-state index in [1.165, 1.54) is 16.7 Å². The first-order valence-electron chi connectivity index (χ1n) is 7.17. The van der Waals surface area contributed by atoms with Gasteiger partial charge in [-0.2, -0.15) is 0 Å². The highest BCUT2D eigenvalue weighted by Crippen LogP contribution is 2.26. The summed E-state index contributed by atoms with van der Waals surface area (Å²) in [5.41, 5.74) is 10.8. The molecule has 0 aliphatic carbocycles. The molecule has 0 radical (unpaired) electrons. The van der Waals surface area contributed by atoms with E-state index in [1.807, 2.05) is 6.92 Å². The molecular formula is C18H23NO. The second-order valence-corrected chi connectivity index (χ2v) is 5.29. The largest absolute Gasteiger partial charge is 0.489 e. The summed E-state index contributed by atoms with van der Waals surface area (Å²) in [6.45, 7) is 6.78. The van der Waals surface area contributed by atoms with Crippen LogP contribution in [0, 0.1) is 6.92 Å². The number of aryl methyl sites for hydroxylation is 2. The van der Waals surface area contributed by atoms with Crippen LogP contribution in [0.25, 0.3) is 0 Å². The maximum absolute atomic E-state index is 5.99. The van der Waals surface area contributed by atoms with Gasteiger partial charge in [0.25, 0.3) is 0 Å². The molecule has 2 nitrogen and oxygen atoms in total. The molecule has 2 N–H and O–H groups in total. The van der Waals surface area contributed by atoms with Crippen LogP contribution in [0.5, 0.6) is 5.75 Å². The van der Waals surface area contributed by atoms with Gasteiger partial charge < -0.3 is 10.5 Å². The van der Waals surface area contributed by atoms with Crippen LogP contribution in [-0.2, 0) is 13.0 Å². The SMILES string of the molecule is CCc1ccc(COc2cc(C)ccc2[C@@H](C)N)cc1. The minimum absolute atomic E-state index is 0.0203. The highest BCUT2D eigenvalue weighted by molar-refractivity contribution is 5.39. The van der Waals surface area contributed by atoms with Crippen molar-refractivity contribution >= 4 is 0 Å². The molecule has 2 aromatic rings. The topological polar surface area (TPSA) is 35.2 Å². The molecule has 0 unspecified atom stereocenters. The van der Waals surface area contributed by atoms with E-state index in [1.54, 1.807) is 0 Å². The Morgan fingerprint density at radius 2 is 1.70 bits per heavy atom. The van der Waals surface area contributed by atoms with Crippen molar-refractivity contribution in [1.82, 2.24) is 0 Å². The molecule has 2 heteroatoms. The second kappa shape index (κ2) is 6.58. The van der Waals surface area contributed by atoms with E-state index >= 15 is 0 Å². The molecule has 2 aromatic carbocycles. The van der Waals surface area contributed by atoms with Crippen LogP contribution in [0.2, 0.25) is 0 Å².